The molecule has 1 aromatic heterocycles. The van der Waals surface area contributed by atoms with Crippen LogP contribution in [0.3, 0.4) is 0 Å². The van der Waals surface area contributed by atoms with Crippen LogP contribution in [0.5, 0.6) is 0 Å². The van der Waals surface area contributed by atoms with Crippen molar-refractivity contribution in [3.63, 3.8) is 0 Å². The molecule has 1 aromatic rings. The Bertz CT molecular complexity index is 637. The smallest absolute Gasteiger partial charge is 0.410 e. The van der Waals surface area contributed by atoms with Gasteiger partial charge in [0, 0.05) is 25.3 Å². The third-order valence-corrected chi connectivity index (χ3v) is 4.38. The van der Waals surface area contributed by atoms with Gasteiger partial charge in [0.25, 0.3) is 0 Å². The number of nitrogens with one attached hydrogen (secondary N) is 1. The molecule has 1 saturated heterocycles. The van der Waals surface area contributed by atoms with Crippen LogP contribution in [0.4, 0.5) is 10.6 Å². The van der Waals surface area contributed by atoms with Gasteiger partial charge in [0.15, 0.2) is 10.9 Å². The van der Waals surface area contributed by atoms with Gasteiger partial charge >= 0.3 is 6.09 Å². The molecule has 1 fully saturated rings. The lowest BCUT2D eigenvalue weighted by molar-refractivity contribution is 0.0210. The molecule has 8 heteroatoms. The van der Waals surface area contributed by atoms with Crippen LogP contribution in [0.1, 0.15) is 50.9 Å². The van der Waals surface area contributed by atoms with Crippen molar-refractivity contribution in [2.24, 2.45) is 0 Å². The number of carbonyl (C=O) groups is 2. The summed E-state index contributed by atoms with van der Waals surface area (Å²) in [5.74, 6) is 0.504. The molecule has 0 atom stereocenters. The molecule has 7 nitrogen and oxygen atoms in total. The minimum atomic E-state index is -0.488. The van der Waals surface area contributed by atoms with Crippen molar-refractivity contribution >= 4 is 29.5 Å². The molecule has 1 N–H and O–H groups in total. The highest BCUT2D eigenvalue weighted by atomic mass is 32.2. The van der Waals surface area contributed by atoms with Gasteiger partial charge in [0.2, 0.25) is 0 Å². The predicted octanol–water partition coefficient (Wildman–Crippen LogP) is 3.21. The number of Topliss-reactive ketones (excluding diaryl/α,β-unsaturated/α-hetero) is 1. The average Bonchev–Trinajstić information content (AvgIpc) is 2.53. The summed E-state index contributed by atoms with van der Waals surface area (Å²) in [6.45, 7) is 8.32. The number of ether oxygens (including phenoxy) is 1. The van der Waals surface area contributed by atoms with E-state index in [0.717, 1.165) is 12.8 Å². The fourth-order valence-electron chi connectivity index (χ4n) is 2.56. The molecule has 1 amide bonds. The molecule has 0 bridgehead atoms. The lowest BCUT2D eigenvalue weighted by Crippen LogP contribution is -2.44. The molecule has 1 aliphatic rings. The molecule has 0 radical (unpaired) electrons. The van der Waals surface area contributed by atoms with E-state index in [1.807, 2.05) is 27.0 Å². The number of rotatable bonds is 4. The third-order valence-electron chi connectivity index (χ3n) is 3.82. The standard InChI is InChI=1S/C17H26N4O3S/c1-11(22)13-10-18-15(25-5)20-14(13)19-12-6-8-21(9-7-12)16(23)24-17(2,3)4/h10,12H,6-9H2,1-5H3,(H,18,19,20). The Morgan fingerprint density at radius 1 is 1.32 bits per heavy atom. The molecule has 0 saturated carbocycles. The van der Waals surface area contributed by atoms with Gasteiger partial charge in [-0.05, 0) is 46.8 Å². The summed E-state index contributed by atoms with van der Waals surface area (Å²) in [6, 6.07) is 0.154. The maximum atomic E-state index is 12.1. The molecule has 1 aliphatic heterocycles. The Morgan fingerprint density at radius 3 is 2.48 bits per heavy atom. The zero-order valence-corrected chi connectivity index (χ0v) is 16.3. The van der Waals surface area contributed by atoms with Crippen LogP contribution in [-0.4, -0.2) is 57.7 Å². The summed E-state index contributed by atoms with van der Waals surface area (Å²) in [4.78, 5) is 34.2. The predicted molar refractivity (Wildman–Crippen MR) is 98.3 cm³/mol. The van der Waals surface area contributed by atoms with E-state index in [4.69, 9.17) is 4.74 Å². The van der Waals surface area contributed by atoms with E-state index in [2.05, 4.69) is 15.3 Å². The number of thioether (sulfide) groups is 1. The van der Waals surface area contributed by atoms with Crippen LogP contribution < -0.4 is 5.32 Å². The molecular weight excluding hydrogens is 340 g/mol. The Morgan fingerprint density at radius 2 is 1.96 bits per heavy atom. The van der Waals surface area contributed by atoms with Gasteiger partial charge in [-0.1, -0.05) is 11.8 Å². The number of ketones is 1. The van der Waals surface area contributed by atoms with Gasteiger partial charge < -0.3 is 15.0 Å². The fourth-order valence-corrected chi connectivity index (χ4v) is 2.90. The van der Waals surface area contributed by atoms with Gasteiger partial charge in [-0.2, -0.15) is 0 Å². The highest BCUT2D eigenvalue weighted by Gasteiger charge is 2.27. The largest absolute Gasteiger partial charge is 0.444 e. The Hall–Kier alpha value is -1.83. The molecule has 0 spiro atoms. The van der Waals surface area contributed by atoms with Crippen molar-refractivity contribution in [2.45, 2.75) is 57.3 Å². The van der Waals surface area contributed by atoms with Gasteiger partial charge in [0.05, 0.1) is 5.56 Å². The van der Waals surface area contributed by atoms with Crippen molar-refractivity contribution < 1.29 is 14.3 Å². The Kier molecular flexibility index (Phi) is 6.26. The first-order chi connectivity index (χ1) is 11.7. The molecule has 2 heterocycles. The maximum Gasteiger partial charge on any atom is 0.410 e. The number of aromatic nitrogens is 2. The van der Waals surface area contributed by atoms with Crippen LogP contribution in [0.15, 0.2) is 11.4 Å². The second-order valence-corrected chi connectivity index (χ2v) is 7.83. The number of amides is 1. The number of piperidine rings is 1. The molecule has 138 valence electrons. The van der Waals surface area contributed by atoms with Crippen LogP contribution in [0.2, 0.25) is 0 Å². The molecule has 25 heavy (non-hydrogen) atoms. The van der Waals surface area contributed by atoms with Gasteiger partial charge in [-0.3, -0.25) is 4.79 Å². The topological polar surface area (TPSA) is 84.4 Å². The number of anilines is 1. The van der Waals surface area contributed by atoms with Gasteiger partial charge in [-0.25, -0.2) is 14.8 Å². The average molecular weight is 366 g/mol. The van der Waals surface area contributed by atoms with Crippen LogP contribution >= 0.6 is 11.8 Å². The molecular formula is C17H26N4O3S. The van der Waals surface area contributed by atoms with Crippen molar-refractivity contribution in [2.75, 3.05) is 24.7 Å². The minimum Gasteiger partial charge on any atom is -0.444 e. The second kappa shape index (κ2) is 8.03. The molecule has 0 unspecified atom stereocenters. The monoisotopic (exact) mass is 366 g/mol. The zero-order chi connectivity index (χ0) is 18.6. The highest BCUT2D eigenvalue weighted by molar-refractivity contribution is 7.98. The normalized spacial score (nSPS) is 15.8. The van der Waals surface area contributed by atoms with Gasteiger partial charge in [0.1, 0.15) is 11.4 Å². The number of hydrogen-bond acceptors (Lipinski definition) is 7. The van der Waals surface area contributed by atoms with Crippen molar-refractivity contribution in [1.29, 1.82) is 0 Å². The fraction of sp³-hybridized carbons (Fsp3) is 0.647. The van der Waals surface area contributed by atoms with E-state index < -0.39 is 5.60 Å². The van der Waals surface area contributed by atoms with E-state index in [-0.39, 0.29) is 17.9 Å². The van der Waals surface area contributed by atoms with E-state index in [0.29, 0.717) is 29.6 Å². The number of nitrogens with zero attached hydrogens (tertiary/aromatic N) is 3. The zero-order valence-electron chi connectivity index (χ0n) is 15.5. The highest BCUT2D eigenvalue weighted by Crippen LogP contribution is 2.22. The molecule has 0 aliphatic carbocycles. The minimum absolute atomic E-state index is 0.0682. The SMILES string of the molecule is CSc1ncc(C(C)=O)c(NC2CCN(C(=O)OC(C)(C)C)CC2)n1. The lowest BCUT2D eigenvalue weighted by Gasteiger charge is -2.34. The Balaban J connectivity index is 1.98. The number of hydrogen-bond donors (Lipinski definition) is 1. The van der Waals surface area contributed by atoms with Crippen molar-refractivity contribution in [3.8, 4) is 0 Å². The summed E-state index contributed by atoms with van der Waals surface area (Å²) in [7, 11) is 0. The van der Waals surface area contributed by atoms with Crippen LogP contribution in [0.25, 0.3) is 0 Å². The van der Waals surface area contributed by atoms with E-state index in [1.54, 1.807) is 11.1 Å². The summed E-state index contributed by atoms with van der Waals surface area (Å²) in [6.07, 6.45) is 4.73. The summed E-state index contributed by atoms with van der Waals surface area (Å²) in [5.41, 5.74) is 0.00459. The number of carbonyl (C=O) groups excluding carboxylic acids is 2. The summed E-state index contributed by atoms with van der Waals surface area (Å²) >= 11 is 1.43. The third kappa shape index (κ3) is 5.59. The van der Waals surface area contributed by atoms with E-state index >= 15 is 0 Å². The number of likely N-dealkylation sites (tertiary alicyclic amines) is 1. The molecule has 2 rings (SSSR count). The van der Waals surface area contributed by atoms with Gasteiger partial charge in [-0.15, -0.1) is 0 Å². The summed E-state index contributed by atoms with van der Waals surface area (Å²) in [5, 5.41) is 3.97. The lowest BCUT2D eigenvalue weighted by atomic mass is 10.0. The van der Waals surface area contributed by atoms with E-state index in [9.17, 15) is 9.59 Å². The molecule has 0 aromatic carbocycles. The maximum absolute atomic E-state index is 12.1. The Labute approximate surface area is 152 Å². The van der Waals surface area contributed by atoms with Crippen molar-refractivity contribution in [3.05, 3.63) is 11.8 Å². The first-order valence-electron chi connectivity index (χ1n) is 8.36. The van der Waals surface area contributed by atoms with Crippen LogP contribution in [0, 0.1) is 0 Å². The van der Waals surface area contributed by atoms with Crippen LogP contribution in [-0.2, 0) is 4.74 Å². The first-order valence-corrected chi connectivity index (χ1v) is 9.58. The van der Waals surface area contributed by atoms with E-state index in [1.165, 1.54) is 18.7 Å². The first kappa shape index (κ1) is 19.5. The quantitative estimate of drug-likeness (QED) is 0.497. The summed E-state index contributed by atoms with van der Waals surface area (Å²) < 4.78 is 5.41. The second-order valence-electron chi connectivity index (χ2n) is 7.06. The van der Waals surface area contributed by atoms with Crippen molar-refractivity contribution in [1.82, 2.24) is 14.9 Å².